The average Bonchev–Trinajstić information content (AvgIpc) is 2.45. The van der Waals surface area contributed by atoms with Crippen molar-refractivity contribution in [3.05, 3.63) is 41.8 Å². The largest absolute Gasteiger partial charge is 0.364 e. The van der Waals surface area contributed by atoms with Gasteiger partial charge in [-0.2, -0.15) is 10.1 Å². The van der Waals surface area contributed by atoms with E-state index in [1.807, 2.05) is 0 Å². The summed E-state index contributed by atoms with van der Waals surface area (Å²) >= 11 is 0. The van der Waals surface area contributed by atoms with Crippen molar-refractivity contribution < 1.29 is 4.39 Å². The molecule has 2 aromatic rings. The lowest BCUT2D eigenvalue weighted by Crippen LogP contribution is -2.09. The minimum absolute atomic E-state index is 0.235. The van der Waals surface area contributed by atoms with Gasteiger partial charge >= 0.3 is 0 Å². The maximum absolute atomic E-state index is 13.4. The van der Waals surface area contributed by atoms with Crippen molar-refractivity contribution in [3.63, 3.8) is 0 Å². The lowest BCUT2D eigenvalue weighted by Gasteiger charge is -2.07. The molecule has 2 N–H and O–H groups in total. The molecule has 0 atom stereocenters. The van der Waals surface area contributed by atoms with Crippen LogP contribution in [0.3, 0.4) is 0 Å². The first-order chi connectivity index (χ1) is 9.29. The molecule has 5 nitrogen and oxygen atoms in total. The number of halogens is 1. The number of rotatable bonds is 6. The smallest absolute Gasteiger partial charge is 0.244 e. The fourth-order valence-electron chi connectivity index (χ4n) is 1.53. The molecule has 0 saturated heterocycles. The van der Waals surface area contributed by atoms with Gasteiger partial charge in [-0.15, -0.1) is 5.10 Å². The molecule has 1 heterocycles. The summed E-state index contributed by atoms with van der Waals surface area (Å²) in [6.07, 6.45) is 2.49. The highest BCUT2D eigenvalue weighted by Gasteiger charge is 2.02. The van der Waals surface area contributed by atoms with E-state index < -0.39 is 0 Å². The molecular formula is C13H16FN5. The van der Waals surface area contributed by atoms with Gasteiger partial charge in [0.1, 0.15) is 5.82 Å². The zero-order valence-corrected chi connectivity index (χ0v) is 10.7. The first kappa shape index (κ1) is 13.2. The predicted octanol–water partition coefficient (Wildman–Crippen LogP) is 2.44. The second-order valence-corrected chi connectivity index (χ2v) is 4.04. The van der Waals surface area contributed by atoms with E-state index in [0.29, 0.717) is 23.9 Å². The normalized spacial score (nSPS) is 10.2. The number of hydrogen-bond donors (Lipinski definition) is 2. The zero-order valence-electron chi connectivity index (χ0n) is 10.7. The summed E-state index contributed by atoms with van der Waals surface area (Å²) in [6, 6.07) is 6.63. The first-order valence-electron chi connectivity index (χ1n) is 6.20. The average molecular weight is 261 g/mol. The molecule has 100 valence electrons. The number of hydrogen-bond acceptors (Lipinski definition) is 5. The Morgan fingerprint density at radius 1 is 1.21 bits per heavy atom. The van der Waals surface area contributed by atoms with Crippen LogP contribution in [0.4, 0.5) is 16.2 Å². The second-order valence-electron chi connectivity index (χ2n) is 4.04. The quantitative estimate of drug-likeness (QED) is 0.836. The summed E-state index contributed by atoms with van der Waals surface area (Å²) < 4.78 is 13.4. The molecule has 19 heavy (non-hydrogen) atoms. The van der Waals surface area contributed by atoms with E-state index in [2.05, 4.69) is 32.7 Å². The molecule has 0 saturated carbocycles. The number of anilines is 2. The summed E-state index contributed by atoms with van der Waals surface area (Å²) in [4.78, 5) is 4.24. The van der Waals surface area contributed by atoms with Crippen LogP contribution >= 0.6 is 0 Å². The van der Waals surface area contributed by atoms with Gasteiger partial charge in [0.05, 0.1) is 6.20 Å². The highest BCUT2D eigenvalue weighted by Crippen LogP contribution is 2.10. The van der Waals surface area contributed by atoms with Crippen LogP contribution in [0.1, 0.15) is 18.9 Å². The molecule has 0 aliphatic rings. The molecule has 6 heteroatoms. The SMILES string of the molecule is CCCNc1nncc(NCc2ccccc2F)n1. The Hall–Kier alpha value is -2.24. The fraction of sp³-hybridized carbons (Fsp3) is 0.308. The summed E-state index contributed by atoms with van der Waals surface area (Å²) in [6.45, 7) is 3.21. The van der Waals surface area contributed by atoms with Gasteiger partial charge in [0, 0.05) is 18.7 Å². The molecule has 0 radical (unpaired) electrons. The van der Waals surface area contributed by atoms with E-state index in [9.17, 15) is 4.39 Å². The summed E-state index contributed by atoms with van der Waals surface area (Å²) in [7, 11) is 0. The van der Waals surface area contributed by atoms with E-state index in [1.54, 1.807) is 18.2 Å². The Labute approximate surface area is 111 Å². The van der Waals surface area contributed by atoms with Gasteiger partial charge in [0.25, 0.3) is 0 Å². The van der Waals surface area contributed by atoms with Crippen LogP contribution in [0.5, 0.6) is 0 Å². The molecule has 0 aliphatic carbocycles. The lowest BCUT2D eigenvalue weighted by molar-refractivity contribution is 0.613. The highest BCUT2D eigenvalue weighted by atomic mass is 19.1. The third-order valence-electron chi connectivity index (χ3n) is 2.51. The van der Waals surface area contributed by atoms with Gasteiger partial charge in [-0.25, -0.2) is 4.39 Å². The van der Waals surface area contributed by atoms with Gasteiger partial charge in [-0.05, 0) is 12.5 Å². The van der Waals surface area contributed by atoms with Crippen LogP contribution in [0.25, 0.3) is 0 Å². The standard InChI is InChI=1S/C13H16FN5/c1-2-7-15-13-18-12(9-17-19-13)16-8-10-5-3-4-6-11(10)14/h3-6,9H,2,7-8H2,1H3,(H2,15,16,18,19). The van der Waals surface area contributed by atoms with Crippen LogP contribution < -0.4 is 10.6 Å². The molecule has 1 aromatic heterocycles. The number of aromatic nitrogens is 3. The molecule has 2 rings (SSSR count). The van der Waals surface area contributed by atoms with E-state index >= 15 is 0 Å². The van der Waals surface area contributed by atoms with Crippen LogP contribution in [-0.2, 0) is 6.54 Å². The Kier molecular flexibility index (Phi) is 4.60. The van der Waals surface area contributed by atoms with E-state index in [4.69, 9.17) is 0 Å². The monoisotopic (exact) mass is 261 g/mol. The number of benzene rings is 1. The molecular weight excluding hydrogens is 245 g/mol. The van der Waals surface area contributed by atoms with Gasteiger partial charge in [0.2, 0.25) is 5.95 Å². The second kappa shape index (κ2) is 6.63. The zero-order chi connectivity index (χ0) is 13.5. The van der Waals surface area contributed by atoms with E-state index in [-0.39, 0.29) is 5.82 Å². The maximum atomic E-state index is 13.4. The van der Waals surface area contributed by atoms with Crippen LogP contribution in [-0.4, -0.2) is 21.7 Å². The first-order valence-corrected chi connectivity index (χ1v) is 6.20. The van der Waals surface area contributed by atoms with Crippen molar-refractivity contribution in [1.29, 1.82) is 0 Å². The van der Waals surface area contributed by atoms with Gasteiger partial charge in [-0.3, -0.25) is 0 Å². The Morgan fingerprint density at radius 2 is 2.05 bits per heavy atom. The van der Waals surface area contributed by atoms with E-state index in [1.165, 1.54) is 12.3 Å². The third kappa shape index (κ3) is 3.87. The maximum Gasteiger partial charge on any atom is 0.244 e. The van der Waals surface area contributed by atoms with Gasteiger partial charge < -0.3 is 10.6 Å². The number of nitrogens with zero attached hydrogens (tertiary/aromatic N) is 3. The molecule has 0 unspecified atom stereocenters. The highest BCUT2D eigenvalue weighted by molar-refractivity contribution is 5.37. The van der Waals surface area contributed by atoms with Crippen LogP contribution in [0, 0.1) is 5.82 Å². The fourth-order valence-corrected chi connectivity index (χ4v) is 1.53. The molecule has 0 amide bonds. The van der Waals surface area contributed by atoms with E-state index in [0.717, 1.165) is 13.0 Å². The van der Waals surface area contributed by atoms with Gasteiger partial charge in [-0.1, -0.05) is 25.1 Å². The minimum atomic E-state index is -0.235. The Bertz CT molecular complexity index is 532. The summed E-state index contributed by atoms with van der Waals surface area (Å²) in [5.74, 6) is 0.804. The van der Waals surface area contributed by atoms with Gasteiger partial charge in [0.15, 0.2) is 5.82 Å². The molecule has 0 aliphatic heterocycles. The van der Waals surface area contributed by atoms with Crippen molar-refractivity contribution in [2.24, 2.45) is 0 Å². The van der Waals surface area contributed by atoms with Crippen LogP contribution in [0.15, 0.2) is 30.5 Å². The summed E-state index contributed by atoms with van der Waals surface area (Å²) in [5, 5.41) is 13.8. The van der Waals surface area contributed by atoms with Crippen molar-refractivity contribution in [2.45, 2.75) is 19.9 Å². The van der Waals surface area contributed by atoms with Crippen LogP contribution in [0.2, 0.25) is 0 Å². The van der Waals surface area contributed by atoms with Crippen molar-refractivity contribution >= 4 is 11.8 Å². The number of nitrogens with one attached hydrogen (secondary N) is 2. The minimum Gasteiger partial charge on any atom is -0.364 e. The predicted molar refractivity (Wildman–Crippen MR) is 72.3 cm³/mol. The molecule has 1 aromatic carbocycles. The van der Waals surface area contributed by atoms with Crippen molar-refractivity contribution in [2.75, 3.05) is 17.2 Å². The van der Waals surface area contributed by atoms with Crippen molar-refractivity contribution in [3.8, 4) is 0 Å². The molecule has 0 fully saturated rings. The Balaban J connectivity index is 1.98. The molecule has 0 bridgehead atoms. The third-order valence-corrected chi connectivity index (χ3v) is 2.51. The Morgan fingerprint density at radius 3 is 2.84 bits per heavy atom. The topological polar surface area (TPSA) is 62.7 Å². The lowest BCUT2D eigenvalue weighted by atomic mass is 10.2. The summed E-state index contributed by atoms with van der Waals surface area (Å²) in [5.41, 5.74) is 0.587. The molecule has 0 spiro atoms. The van der Waals surface area contributed by atoms with Crippen molar-refractivity contribution in [1.82, 2.24) is 15.2 Å².